The predicted molar refractivity (Wildman–Crippen MR) is 59.2 cm³/mol. The standard InChI is InChI=1S/C10H8F2N4O2/c11-6-2-1-5(3-7(6)12)4-13-8-9(17)14-10(18)16-15-8/h1-3H,4H2,(H,13,15)(H2,14,16,17,18). The number of nitrogens with one attached hydrogen (secondary N) is 3. The maximum atomic E-state index is 12.9. The van der Waals surface area contributed by atoms with Gasteiger partial charge in [0.05, 0.1) is 0 Å². The van der Waals surface area contributed by atoms with Crippen LogP contribution in [0.15, 0.2) is 27.8 Å². The Balaban J connectivity index is 2.14. The van der Waals surface area contributed by atoms with Crippen molar-refractivity contribution in [2.75, 3.05) is 5.32 Å². The van der Waals surface area contributed by atoms with Crippen molar-refractivity contribution in [3.8, 4) is 0 Å². The monoisotopic (exact) mass is 254 g/mol. The lowest BCUT2D eigenvalue weighted by molar-refractivity contribution is 0.507. The van der Waals surface area contributed by atoms with Crippen molar-refractivity contribution in [1.29, 1.82) is 0 Å². The first kappa shape index (κ1) is 12.0. The first-order valence-corrected chi connectivity index (χ1v) is 4.93. The summed E-state index contributed by atoms with van der Waals surface area (Å²) in [6.45, 7) is 0.0688. The van der Waals surface area contributed by atoms with E-state index in [0.29, 0.717) is 5.56 Å². The van der Waals surface area contributed by atoms with Gasteiger partial charge in [-0.25, -0.2) is 18.7 Å². The molecule has 0 radical (unpaired) electrons. The Bertz CT molecular complexity index is 680. The van der Waals surface area contributed by atoms with Gasteiger partial charge in [-0.2, -0.15) is 0 Å². The quantitative estimate of drug-likeness (QED) is 0.737. The second-order valence-corrected chi connectivity index (χ2v) is 3.46. The van der Waals surface area contributed by atoms with Gasteiger partial charge in [-0.15, -0.1) is 5.10 Å². The van der Waals surface area contributed by atoms with Crippen LogP contribution in [-0.2, 0) is 6.54 Å². The van der Waals surface area contributed by atoms with E-state index < -0.39 is 22.9 Å². The Kier molecular flexibility index (Phi) is 3.18. The number of hydrogen-bond donors (Lipinski definition) is 3. The van der Waals surface area contributed by atoms with E-state index in [9.17, 15) is 18.4 Å². The molecule has 0 saturated carbocycles. The number of aromatic amines is 2. The molecule has 0 saturated heterocycles. The molecular weight excluding hydrogens is 246 g/mol. The van der Waals surface area contributed by atoms with Crippen molar-refractivity contribution in [3.05, 3.63) is 56.2 Å². The topological polar surface area (TPSA) is 90.6 Å². The van der Waals surface area contributed by atoms with Gasteiger partial charge in [0.15, 0.2) is 11.6 Å². The molecule has 0 spiro atoms. The van der Waals surface area contributed by atoms with Crippen LogP contribution >= 0.6 is 0 Å². The fourth-order valence-corrected chi connectivity index (χ4v) is 1.30. The van der Waals surface area contributed by atoms with Crippen LogP contribution in [-0.4, -0.2) is 15.2 Å². The summed E-state index contributed by atoms with van der Waals surface area (Å²) >= 11 is 0. The zero-order valence-corrected chi connectivity index (χ0v) is 8.96. The molecule has 1 aromatic carbocycles. The van der Waals surface area contributed by atoms with E-state index in [2.05, 4.69) is 10.4 Å². The highest BCUT2D eigenvalue weighted by atomic mass is 19.2. The number of rotatable bonds is 3. The Morgan fingerprint density at radius 2 is 2.00 bits per heavy atom. The molecule has 2 rings (SSSR count). The molecule has 0 amide bonds. The highest BCUT2D eigenvalue weighted by Gasteiger charge is 2.04. The van der Waals surface area contributed by atoms with E-state index in [-0.39, 0.29) is 12.4 Å². The third-order valence-electron chi connectivity index (χ3n) is 2.16. The van der Waals surface area contributed by atoms with Crippen LogP contribution in [0.1, 0.15) is 5.56 Å². The van der Waals surface area contributed by atoms with Crippen molar-refractivity contribution < 1.29 is 8.78 Å². The third kappa shape index (κ3) is 2.59. The highest BCUT2D eigenvalue weighted by molar-refractivity contribution is 5.31. The molecular formula is C10H8F2N4O2. The summed E-state index contributed by atoms with van der Waals surface area (Å²) in [5, 5.41) is 8.10. The van der Waals surface area contributed by atoms with Crippen LogP contribution in [0.3, 0.4) is 0 Å². The van der Waals surface area contributed by atoms with Gasteiger partial charge in [0, 0.05) is 6.54 Å². The summed E-state index contributed by atoms with van der Waals surface area (Å²) in [7, 11) is 0. The smallest absolute Gasteiger partial charge is 0.342 e. The van der Waals surface area contributed by atoms with Gasteiger partial charge in [-0.05, 0) is 17.7 Å². The zero-order chi connectivity index (χ0) is 13.1. The first-order chi connectivity index (χ1) is 8.56. The molecule has 6 nitrogen and oxygen atoms in total. The first-order valence-electron chi connectivity index (χ1n) is 4.93. The Hall–Kier alpha value is -2.51. The summed E-state index contributed by atoms with van der Waals surface area (Å²) in [6.07, 6.45) is 0. The van der Waals surface area contributed by atoms with Gasteiger partial charge in [-0.3, -0.25) is 9.78 Å². The number of H-pyrrole nitrogens is 2. The maximum absolute atomic E-state index is 12.9. The van der Waals surface area contributed by atoms with E-state index in [1.807, 2.05) is 10.1 Å². The van der Waals surface area contributed by atoms with E-state index in [1.54, 1.807) is 0 Å². The molecule has 0 fully saturated rings. The number of anilines is 1. The van der Waals surface area contributed by atoms with Gasteiger partial charge >= 0.3 is 5.69 Å². The van der Waals surface area contributed by atoms with Crippen molar-refractivity contribution in [2.24, 2.45) is 0 Å². The number of aromatic nitrogens is 3. The lowest BCUT2D eigenvalue weighted by Crippen LogP contribution is -2.26. The second-order valence-electron chi connectivity index (χ2n) is 3.46. The molecule has 1 heterocycles. The molecule has 8 heteroatoms. The zero-order valence-electron chi connectivity index (χ0n) is 8.96. The molecule has 0 aliphatic heterocycles. The van der Waals surface area contributed by atoms with E-state index in [1.165, 1.54) is 6.07 Å². The summed E-state index contributed by atoms with van der Waals surface area (Å²) < 4.78 is 25.6. The lowest BCUT2D eigenvalue weighted by atomic mass is 10.2. The minimum Gasteiger partial charge on any atom is -0.360 e. The summed E-state index contributed by atoms with van der Waals surface area (Å²) in [5.41, 5.74) is -0.985. The van der Waals surface area contributed by atoms with Gasteiger partial charge in [-0.1, -0.05) is 6.07 Å². The fraction of sp³-hybridized carbons (Fsp3) is 0.100. The van der Waals surface area contributed by atoms with Crippen molar-refractivity contribution in [2.45, 2.75) is 6.54 Å². The molecule has 94 valence electrons. The van der Waals surface area contributed by atoms with E-state index in [4.69, 9.17) is 0 Å². The van der Waals surface area contributed by atoms with Crippen LogP contribution in [0.2, 0.25) is 0 Å². The number of halogens is 2. The average Bonchev–Trinajstić information content (AvgIpc) is 2.32. The molecule has 0 bridgehead atoms. The molecule has 1 aromatic heterocycles. The predicted octanol–water partition coefficient (Wildman–Crippen LogP) is 0.348. The lowest BCUT2D eigenvalue weighted by Gasteiger charge is -2.04. The van der Waals surface area contributed by atoms with Crippen LogP contribution in [0.25, 0.3) is 0 Å². The summed E-state index contributed by atoms with van der Waals surface area (Å²) in [6, 6.07) is 3.35. The molecule has 3 N–H and O–H groups in total. The van der Waals surface area contributed by atoms with Crippen molar-refractivity contribution >= 4 is 5.82 Å². The normalized spacial score (nSPS) is 10.3. The van der Waals surface area contributed by atoms with Gasteiger partial charge in [0.2, 0.25) is 5.82 Å². The Morgan fingerprint density at radius 3 is 2.67 bits per heavy atom. The highest BCUT2D eigenvalue weighted by Crippen LogP contribution is 2.09. The second kappa shape index (κ2) is 4.78. The van der Waals surface area contributed by atoms with Crippen LogP contribution < -0.4 is 16.6 Å². The molecule has 0 unspecified atom stereocenters. The number of nitrogens with zero attached hydrogens (tertiary/aromatic N) is 1. The SMILES string of the molecule is O=c1[nH]nc(NCc2ccc(F)c(F)c2)c(=O)[nH]1. The Morgan fingerprint density at radius 1 is 1.22 bits per heavy atom. The summed E-state index contributed by atoms with van der Waals surface area (Å²) in [4.78, 5) is 23.9. The molecule has 0 aliphatic rings. The van der Waals surface area contributed by atoms with Gasteiger partial charge in [0.1, 0.15) is 0 Å². The third-order valence-corrected chi connectivity index (χ3v) is 2.16. The molecule has 0 aliphatic carbocycles. The molecule has 0 atom stereocenters. The van der Waals surface area contributed by atoms with Crippen LogP contribution in [0, 0.1) is 11.6 Å². The minimum absolute atomic E-state index is 0.0688. The largest absolute Gasteiger partial charge is 0.360 e. The number of benzene rings is 1. The molecule has 18 heavy (non-hydrogen) atoms. The maximum Gasteiger partial charge on any atom is 0.342 e. The van der Waals surface area contributed by atoms with Crippen LogP contribution in [0.5, 0.6) is 0 Å². The van der Waals surface area contributed by atoms with Gasteiger partial charge in [0.25, 0.3) is 5.56 Å². The van der Waals surface area contributed by atoms with Gasteiger partial charge < -0.3 is 5.32 Å². The summed E-state index contributed by atoms with van der Waals surface area (Å²) in [5.74, 6) is -2.03. The molecule has 2 aromatic rings. The van der Waals surface area contributed by atoms with Crippen molar-refractivity contribution in [1.82, 2.24) is 15.2 Å². The Labute approximate surface area is 98.7 Å². The van der Waals surface area contributed by atoms with Crippen LogP contribution in [0.4, 0.5) is 14.6 Å². The van der Waals surface area contributed by atoms with E-state index in [0.717, 1.165) is 12.1 Å². The van der Waals surface area contributed by atoms with Crippen molar-refractivity contribution in [3.63, 3.8) is 0 Å². The fourth-order valence-electron chi connectivity index (χ4n) is 1.30. The average molecular weight is 254 g/mol. The number of hydrogen-bond acceptors (Lipinski definition) is 4. The minimum atomic E-state index is -0.974. The van der Waals surface area contributed by atoms with E-state index >= 15 is 0 Å².